The van der Waals surface area contributed by atoms with E-state index >= 15 is 0 Å². The summed E-state index contributed by atoms with van der Waals surface area (Å²) in [6.07, 6.45) is 0. The van der Waals surface area contributed by atoms with Gasteiger partial charge in [0.25, 0.3) is 0 Å². The van der Waals surface area contributed by atoms with Gasteiger partial charge in [0.15, 0.2) is 0 Å². The SMILES string of the molecule is c1ccc(P(c2ccccc2)c2ccccc2-c2nc3ccccc3[nH]2)cc1. The Morgan fingerprint density at radius 2 is 1.14 bits per heavy atom. The van der Waals surface area contributed by atoms with Gasteiger partial charge in [-0.2, -0.15) is 0 Å². The first-order valence-corrected chi connectivity index (χ1v) is 10.7. The van der Waals surface area contributed by atoms with Crippen LogP contribution in [0.5, 0.6) is 0 Å². The zero-order valence-corrected chi connectivity index (χ0v) is 16.2. The van der Waals surface area contributed by atoms with Gasteiger partial charge in [-0.1, -0.05) is 97.1 Å². The van der Waals surface area contributed by atoms with Crippen molar-refractivity contribution in [2.24, 2.45) is 0 Å². The van der Waals surface area contributed by atoms with E-state index in [1.165, 1.54) is 15.9 Å². The first-order chi connectivity index (χ1) is 13.9. The molecule has 0 saturated carbocycles. The quantitative estimate of drug-likeness (QED) is 0.439. The molecule has 3 heteroatoms. The summed E-state index contributed by atoms with van der Waals surface area (Å²) in [6, 6.07) is 38.4. The summed E-state index contributed by atoms with van der Waals surface area (Å²) in [7, 11) is -0.680. The lowest BCUT2D eigenvalue weighted by atomic mass is 10.2. The maximum atomic E-state index is 4.87. The van der Waals surface area contributed by atoms with E-state index in [-0.39, 0.29) is 0 Å². The van der Waals surface area contributed by atoms with Crippen LogP contribution < -0.4 is 15.9 Å². The summed E-state index contributed by atoms with van der Waals surface area (Å²) in [6.45, 7) is 0. The number of aromatic nitrogens is 2. The van der Waals surface area contributed by atoms with Gasteiger partial charge in [0.2, 0.25) is 0 Å². The van der Waals surface area contributed by atoms with Crippen molar-refractivity contribution in [3.8, 4) is 11.4 Å². The minimum Gasteiger partial charge on any atom is -0.338 e. The molecule has 1 heterocycles. The molecule has 4 aromatic carbocycles. The van der Waals surface area contributed by atoms with Crippen LogP contribution in [0.4, 0.5) is 0 Å². The van der Waals surface area contributed by atoms with Crippen LogP contribution in [0, 0.1) is 0 Å². The van der Waals surface area contributed by atoms with E-state index in [4.69, 9.17) is 4.98 Å². The summed E-state index contributed by atoms with van der Waals surface area (Å²) >= 11 is 0. The number of rotatable bonds is 4. The monoisotopic (exact) mass is 378 g/mol. The summed E-state index contributed by atoms with van der Waals surface area (Å²) in [4.78, 5) is 8.38. The van der Waals surface area contributed by atoms with Crippen LogP contribution in [0.3, 0.4) is 0 Å². The second kappa shape index (κ2) is 7.42. The van der Waals surface area contributed by atoms with E-state index in [1.807, 2.05) is 12.1 Å². The van der Waals surface area contributed by atoms with Crippen LogP contribution in [-0.4, -0.2) is 9.97 Å². The Balaban J connectivity index is 1.72. The predicted molar refractivity (Wildman–Crippen MR) is 120 cm³/mol. The summed E-state index contributed by atoms with van der Waals surface area (Å²) < 4.78 is 0. The Bertz CT molecular complexity index is 1140. The molecule has 0 fully saturated rings. The Morgan fingerprint density at radius 3 is 1.82 bits per heavy atom. The number of hydrogen-bond acceptors (Lipinski definition) is 1. The number of imidazole rings is 1. The van der Waals surface area contributed by atoms with Crippen LogP contribution in [0.2, 0.25) is 0 Å². The van der Waals surface area contributed by atoms with E-state index in [0.29, 0.717) is 0 Å². The molecule has 1 N–H and O–H groups in total. The van der Waals surface area contributed by atoms with Gasteiger partial charge in [-0.3, -0.25) is 0 Å². The van der Waals surface area contributed by atoms with Crippen molar-refractivity contribution in [3.05, 3.63) is 109 Å². The first kappa shape index (κ1) is 16.9. The number of aromatic amines is 1. The van der Waals surface area contributed by atoms with Crippen molar-refractivity contribution < 1.29 is 0 Å². The van der Waals surface area contributed by atoms with Gasteiger partial charge in [-0.05, 0) is 36.0 Å². The molecule has 0 atom stereocenters. The van der Waals surface area contributed by atoms with Gasteiger partial charge in [0, 0.05) is 5.56 Å². The maximum absolute atomic E-state index is 4.87. The van der Waals surface area contributed by atoms with Gasteiger partial charge in [-0.15, -0.1) is 0 Å². The number of hydrogen-bond donors (Lipinski definition) is 1. The topological polar surface area (TPSA) is 28.7 Å². The van der Waals surface area contributed by atoms with E-state index in [2.05, 4.69) is 102 Å². The number of fused-ring (bicyclic) bond motifs is 1. The molecular weight excluding hydrogens is 359 g/mol. The standard InChI is InChI=1S/C25H19N2P/c1-3-11-19(12-4-1)28(20-13-5-2-6-14-20)24-18-10-7-15-21(24)25-26-22-16-8-9-17-23(22)27-25/h1-18H,(H,26,27). The van der Waals surface area contributed by atoms with Crippen molar-refractivity contribution in [2.75, 3.05) is 0 Å². The number of nitrogens with zero attached hydrogens (tertiary/aromatic N) is 1. The third kappa shape index (κ3) is 3.13. The molecule has 0 amide bonds. The molecule has 0 aliphatic heterocycles. The lowest BCUT2D eigenvalue weighted by Gasteiger charge is -2.21. The third-order valence-electron chi connectivity index (χ3n) is 4.82. The highest BCUT2D eigenvalue weighted by molar-refractivity contribution is 7.80. The van der Waals surface area contributed by atoms with Crippen LogP contribution >= 0.6 is 7.92 Å². The second-order valence-electron chi connectivity index (χ2n) is 6.63. The van der Waals surface area contributed by atoms with Crippen LogP contribution in [0.1, 0.15) is 0 Å². The Labute approximate surface area is 165 Å². The molecule has 5 rings (SSSR count). The summed E-state index contributed by atoms with van der Waals surface area (Å²) in [5, 5.41) is 3.99. The molecule has 28 heavy (non-hydrogen) atoms. The fourth-order valence-electron chi connectivity index (χ4n) is 3.53. The molecule has 0 radical (unpaired) electrons. The fraction of sp³-hybridized carbons (Fsp3) is 0. The van der Waals surface area contributed by atoms with Crippen molar-refractivity contribution >= 4 is 34.9 Å². The number of benzene rings is 4. The number of H-pyrrole nitrogens is 1. The average molecular weight is 378 g/mol. The minimum atomic E-state index is -0.680. The molecule has 2 nitrogen and oxygen atoms in total. The maximum Gasteiger partial charge on any atom is 0.139 e. The Kier molecular flexibility index (Phi) is 4.48. The van der Waals surface area contributed by atoms with E-state index in [1.54, 1.807) is 0 Å². The molecule has 0 unspecified atom stereocenters. The molecule has 134 valence electrons. The zero-order chi connectivity index (χ0) is 18.8. The normalized spacial score (nSPS) is 11.2. The first-order valence-electron chi connectivity index (χ1n) is 9.34. The van der Waals surface area contributed by atoms with Gasteiger partial charge in [0.05, 0.1) is 11.0 Å². The summed E-state index contributed by atoms with van der Waals surface area (Å²) in [5.41, 5.74) is 3.23. The van der Waals surface area contributed by atoms with Gasteiger partial charge in [0.1, 0.15) is 5.82 Å². The zero-order valence-electron chi connectivity index (χ0n) is 15.3. The van der Waals surface area contributed by atoms with E-state index < -0.39 is 7.92 Å². The molecule has 0 bridgehead atoms. The smallest absolute Gasteiger partial charge is 0.139 e. The van der Waals surface area contributed by atoms with E-state index in [9.17, 15) is 0 Å². The molecule has 0 aliphatic carbocycles. The highest BCUT2D eigenvalue weighted by Crippen LogP contribution is 2.36. The number of nitrogens with one attached hydrogen (secondary N) is 1. The lowest BCUT2D eigenvalue weighted by molar-refractivity contribution is 1.34. The van der Waals surface area contributed by atoms with Crippen molar-refractivity contribution in [2.45, 2.75) is 0 Å². The Morgan fingerprint density at radius 1 is 0.571 bits per heavy atom. The van der Waals surface area contributed by atoms with Crippen LogP contribution in [0.25, 0.3) is 22.4 Å². The molecule has 1 aromatic heterocycles. The van der Waals surface area contributed by atoms with Crippen molar-refractivity contribution in [1.82, 2.24) is 9.97 Å². The highest BCUT2D eigenvalue weighted by Gasteiger charge is 2.21. The molecular formula is C25H19N2P. The summed E-state index contributed by atoms with van der Waals surface area (Å²) in [5.74, 6) is 0.927. The number of para-hydroxylation sites is 2. The largest absolute Gasteiger partial charge is 0.338 e. The van der Waals surface area contributed by atoms with Crippen molar-refractivity contribution in [1.29, 1.82) is 0 Å². The van der Waals surface area contributed by atoms with E-state index in [0.717, 1.165) is 22.4 Å². The van der Waals surface area contributed by atoms with Gasteiger partial charge in [-0.25, -0.2) is 4.98 Å². The molecule has 0 spiro atoms. The molecule has 5 aromatic rings. The van der Waals surface area contributed by atoms with Crippen molar-refractivity contribution in [3.63, 3.8) is 0 Å². The average Bonchev–Trinajstić information content (AvgIpc) is 3.20. The fourth-order valence-corrected chi connectivity index (χ4v) is 5.98. The predicted octanol–water partition coefficient (Wildman–Crippen LogP) is 4.99. The van der Waals surface area contributed by atoms with Gasteiger partial charge >= 0.3 is 0 Å². The van der Waals surface area contributed by atoms with Crippen LogP contribution in [-0.2, 0) is 0 Å². The third-order valence-corrected chi connectivity index (χ3v) is 7.32. The van der Waals surface area contributed by atoms with Crippen LogP contribution in [0.15, 0.2) is 109 Å². The minimum absolute atomic E-state index is 0.680. The highest BCUT2D eigenvalue weighted by atomic mass is 31.1. The molecule has 0 aliphatic rings. The lowest BCUT2D eigenvalue weighted by Crippen LogP contribution is -2.22. The molecule has 0 saturated heterocycles. The Hall–Kier alpha value is -3.22. The van der Waals surface area contributed by atoms with Gasteiger partial charge < -0.3 is 4.98 Å². The second-order valence-corrected chi connectivity index (χ2v) is 8.81.